The van der Waals surface area contributed by atoms with Gasteiger partial charge in [0.25, 0.3) is 11.1 Å². The quantitative estimate of drug-likeness (QED) is 0.403. The molecule has 0 spiro atoms. The van der Waals surface area contributed by atoms with Crippen LogP contribution in [0.25, 0.3) is 6.08 Å². The van der Waals surface area contributed by atoms with Crippen molar-refractivity contribution in [2.24, 2.45) is 0 Å². The number of thioether (sulfide) groups is 1. The number of amides is 3. The number of imide groups is 1. The second kappa shape index (κ2) is 11.6. The molecular weight excluding hydrogens is 484 g/mol. The summed E-state index contributed by atoms with van der Waals surface area (Å²) in [4.78, 5) is 49.9. The van der Waals surface area contributed by atoms with Crippen LogP contribution in [0.2, 0.25) is 5.02 Å². The van der Waals surface area contributed by atoms with E-state index in [0.717, 1.165) is 4.90 Å². The third kappa shape index (κ3) is 6.30. The van der Waals surface area contributed by atoms with Crippen molar-refractivity contribution in [2.45, 2.75) is 6.92 Å². The number of carbonyl (C=O) groups is 4. The van der Waals surface area contributed by atoms with Crippen LogP contribution in [0.1, 0.15) is 12.5 Å². The average molecular weight is 505 g/mol. The topological polar surface area (TPSA) is 111 Å². The van der Waals surface area contributed by atoms with Crippen molar-refractivity contribution in [3.63, 3.8) is 0 Å². The van der Waals surface area contributed by atoms with Gasteiger partial charge in [0.1, 0.15) is 6.54 Å². The molecule has 2 aromatic carbocycles. The number of carbonyl (C=O) groups excluding carboxylic acids is 4. The van der Waals surface area contributed by atoms with Crippen molar-refractivity contribution >= 4 is 58.1 Å². The number of esters is 1. The monoisotopic (exact) mass is 504 g/mol. The van der Waals surface area contributed by atoms with Gasteiger partial charge in [0.05, 0.1) is 23.6 Å². The Hall–Kier alpha value is -3.50. The summed E-state index contributed by atoms with van der Waals surface area (Å²) < 4.78 is 15.5. The fourth-order valence-corrected chi connectivity index (χ4v) is 4.06. The van der Waals surface area contributed by atoms with Gasteiger partial charge in [-0.1, -0.05) is 29.8 Å². The molecule has 1 fully saturated rings. The van der Waals surface area contributed by atoms with Crippen LogP contribution in [-0.4, -0.2) is 54.8 Å². The lowest BCUT2D eigenvalue weighted by atomic mass is 10.1. The van der Waals surface area contributed by atoms with E-state index in [0.29, 0.717) is 23.0 Å². The van der Waals surface area contributed by atoms with E-state index in [9.17, 15) is 19.2 Å². The minimum absolute atomic E-state index is 0.121. The van der Waals surface area contributed by atoms with Gasteiger partial charge in [0, 0.05) is 5.69 Å². The summed E-state index contributed by atoms with van der Waals surface area (Å²) in [5.41, 5.74) is 1.02. The summed E-state index contributed by atoms with van der Waals surface area (Å²) in [7, 11) is 1.39. The SMILES string of the molecule is CCOC(=O)COc1c(Cl)cc(/C=C2\SC(=O)N(CC(=O)Nc3ccccc3)C2=O)cc1OC. The first kappa shape index (κ1) is 25.1. The number of hydrogen-bond acceptors (Lipinski definition) is 8. The molecule has 0 aliphatic carbocycles. The lowest BCUT2D eigenvalue weighted by molar-refractivity contribution is -0.145. The van der Waals surface area contributed by atoms with Crippen LogP contribution in [0.15, 0.2) is 47.4 Å². The summed E-state index contributed by atoms with van der Waals surface area (Å²) in [5.74, 6) is -1.29. The first-order valence-electron chi connectivity index (χ1n) is 10.1. The third-order valence-electron chi connectivity index (χ3n) is 4.42. The average Bonchev–Trinajstić information content (AvgIpc) is 3.06. The maximum atomic E-state index is 12.7. The summed E-state index contributed by atoms with van der Waals surface area (Å²) >= 11 is 7.00. The van der Waals surface area contributed by atoms with Gasteiger partial charge in [-0.3, -0.25) is 19.3 Å². The van der Waals surface area contributed by atoms with E-state index in [1.165, 1.54) is 19.3 Å². The summed E-state index contributed by atoms with van der Waals surface area (Å²) in [6, 6.07) is 11.8. The molecule has 1 aliphatic rings. The maximum Gasteiger partial charge on any atom is 0.344 e. The van der Waals surface area contributed by atoms with E-state index >= 15 is 0 Å². The molecule has 1 saturated heterocycles. The van der Waals surface area contributed by atoms with Crippen molar-refractivity contribution in [1.29, 1.82) is 0 Å². The second-order valence-electron chi connectivity index (χ2n) is 6.81. The Morgan fingerprint density at radius 1 is 1.18 bits per heavy atom. The number of halogens is 1. The molecule has 1 aliphatic heterocycles. The van der Waals surface area contributed by atoms with E-state index in [1.807, 2.05) is 0 Å². The minimum Gasteiger partial charge on any atom is -0.493 e. The summed E-state index contributed by atoms with van der Waals surface area (Å²) in [5, 5.41) is 2.21. The fourth-order valence-electron chi connectivity index (χ4n) is 2.95. The molecule has 0 atom stereocenters. The highest BCUT2D eigenvalue weighted by Gasteiger charge is 2.36. The number of benzene rings is 2. The Bertz CT molecular complexity index is 1140. The highest BCUT2D eigenvalue weighted by molar-refractivity contribution is 8.18. The van der Waals surface area contributed by atoms with Crippen molar-refractivity contribution in [1.82, 2.24) is 4.90 Å². The first-order chi connectivity index (χ1) is 16.3. The second-order valence-corrected chi connectivity index (χ2v) is 8.21. The zero-order chi connectivity index (χ0) is 24.7. The largest absolute Gasteiger partial charge is 0.493 e. The predicted molar refractivity (Wildman–Crippen MR) is 128 cm³/mol. The van der Waals surface area contributed by atoms with Gasteiger partial charge in [-0.25, -0.2) is 4.79 Å². The molecule has 11 heteroatoms. The number of nitrogens with zero attached hydrogens (tertiary/aromatic N) is 1. The zero-order valence-electron chi connectivity index (χ0n) is 18.3. The Morgan fingerprint density at radius 2 is 1.91 bits per heavy atom. The molecule has 3 rings (SSSR count). The predicted octanol–water partition coefficient (Wildman–Crippen LogP) is 3.97. The highest BCUT2D eigenvalue weighted by Crippen LogP contribution is 2.39. The van der Waals surface area contributed by atoms with Crippen LogP contribution in [-0.2, 0) is 19.1 Å². The van der Waals surface area contributed by atoms with Gasteiger partial charge >= 0.3 is 5.97 Å². The number of rotatable bonds is 9. The molecule has 3 amide bonds. The highest BCUT2D eigenvalue weighted by atomic mass is 35.5. The number of hydrogen-bond donors (Lipinski definition) is 1. The standard InChI is InChI=1S/C23H21ClN2O7S/c1-3-32-20(28)13-33-21-16(24)9-14(10-17(21)31-2)11-18-22(29)26(23(30)34-18)12-19(27)25-15-7-5-4-6-8-15/h4-11H,3,12-13H2,1-2H3,(H,25,27)/b18-11-. The number of anilines is 1. The first-order valence-corrected chi connectivity index (χ1v) is 11.3. The molecule has 0 aromatic heterocycles. The number of para-hydroxylation sites is 1. The number of nitrogens with one attached hydrogen (secondary N) is 1. The van der Waals surface area contributed by atoms with Gasteiger partial charge in [0.15, 0.2) is 18.1 Å². The number of ether oxygens (including phenoxy) is 3. The van der Waals surface area contributed by atoms with Gasteiger partial charge in [-0.15, -0.1) is 0 Å². The summed E-state index contributed by atoms with van der Waals surface area (Å²) in [6.07, 6.45) is 1.46. The van der Waals surface area contributed by atoms with Gasteiger partial charge in [-0.2, -0.15) is 0 Å². The summed E-state index contributed by atoms with van der Waals surface area (Å²) in [6.45, 7) is 1.13. The Kier molecular flexibility index (Phi) is 8.55. The molecule has 34 heavy (non-hydrogen) atoms. The molecular formula is C23H21ClN2O7S. The molecule has 9 nitrogen and oxygen atoms in total. The maximum absolute atomic E-state index is 12.7. The van der Waals surface area contributed by atoms with Crippen molar-refractivity contribution in [3.05, 3.63) is 58.0 Å². The lowest BCUT2D eigenvalue weighted by Crippen LogP contribution is -2.36. The van der Waals surface area contributed by atoms with Crippen LogP contribution < -0.4 is 14.8 Å². The zero-order valence-corrected chi connectivity index (χ0v) is 19.9. The van der Waals surface area contributed by atoms with Crippen molar-refractivity contribution in [2.75, 3.05) is 32.2 Å². The smallest absolute Gasteiger partial charge is 0.344 e. The van der Waals surface area contributed by atoms with E-state index in [2.05, 4.69) is 5.32 Å². The molecule has 0 radical (unpaired) electrons. The third-order valence-corrected chi connectivity index (χ3v) is 5.61. The minimum atomic E-state index is -0.601. The Morgan fingerprint density at radius 3 is 2.59 bits per heavy atom. The van der Waals surface area contributed by atoms with Crippen LogP contribution in [0, 0.1) is 0 Å². The van der Waals surface area contributed by atoms with Crippen molar-refractivity contribution in [3.8, 4) is 11.5 Å². The number of methoxy groups -OCH3 is 1. The van der Waals surface area contributed by atoms with E-state index < -0.39 is 29.6 Å². The molecule has 1 N–H and O–H groups in total. The van der Waals surface area contributed by atoms with Gasteiger partial charge < -0.3 is 19.5 Å². The van der Waals surface area contributed by atoms with Crippen LogP contribution in [0.5, 0.6) is 11.5 Å². The van der Waals surface area contributed by atoms with Gasteiger partial charge in [0.2, 0.25) is 5.91 Å². The lowest BCUT2D eigenvalue weighted by Gasteiger charge is -2.13. The van der Waals surface area contributed by atoms with E-state index in [4.69, 9.17) is 25.8 Å². The van der Waals surface area contributed by atoms with Crippen LogP contribution in [0.4, 0.5) is 10.5 Å². The molecule has 178 valence electrons. The molecule has 0 unspecified atom stereocenters. The van der Waals surface area contributed by atoms with E-state index in [1.54, 1.807) is 43.3 Å². The normalized spacial score (nSPS) is 14.3. The van der Waals surface area contributed by atoms with Gasteiger partial charge in [-0.05, 0) is 54.6 Å². The fraction of sp³-hybridized carbons (Fsp3) is 0.217. The molecule has 0 saturated carbocycles. The van der Waals surface area contributed by atoms with Crippen LogP contribution in [0.3, 0.4) is 0 Å². The van der Waals surface area contributed by atoms with E-state index in [-0.39, 0.29) is 34.6 Å². The molecule has 2 aromatic rings. The Balaban J connectivity index is 1.73. The van der Waals surface area contributed by atoms with Crippen molar-refractivity contribution < 1.29 is 33.4 Å². The molecule has 0 bridgehead atoms. The van der Waals surface area contributed by atoms with Crippen LogP contribution >= 0.6 is 23.4 Å². The Labute approximate surface area is 205 Å². The molecule has 1 heterocycles.